The van der Waals surface area contributed by atoms with Crippen molar-refractivity contribution in [1.29, 1.82) is 0 Å². The minimum absolute atomic E-state index is 0.909. The summed E-state index contributed by atoms with van der Waals surface area (Å²) in [5.74, 6) is 1.84. The number of anilines is 1. The van der Waals surface area contributed by atoms with Gasteiger partial charge in [-0.25, -0.2) is 4.98 Å². The lowest BCUT2D eigenvalue weighted by Gasteiger charge is -2.21. The lowest BCUT2D eigenvalue weighted by molar-refractivity contribution is 0.345. The summed E-state index contributed by atoms with van der Waals surface area (Å²) in [6.45, 7) is 1.03. The molecule has 2 N–H and O–H groups in total. The van der Waals surface area contributed by atoms with Crippen molar-refractivity contribution < 1.29 is 0 Å². The molecule has 2 aromatic rings. The first-order valence-electron chi connectivity index (χ1n) is 7.10. The van der Waals surface area contributed by atoms with E-state index in [9.17, 15) is 0 Å². The Bertz CT molecular complexity index is 464. The minimum atomic E-state index is 0.909. The van der Waals surface area contributed by atoms with Crippen molar-refractivity contribution in [2.75, 3.05) is 11.9 Å². The van der Waals surface area contributed by atoms with Crippen LogP contribution >= 0.6 is 0 Å². The van der Waals surface area contributed by atoms with Gasteiger partial charge in [-0.15, -0.1) is 0 Å². The highest BCUT2D eigenvalue weighted by atomic mass is 15.1. The maximum absolute atomic E-state index is 4.53. The number of fused-ring (bicyclic) bond motifs is 1. The SMILES string of the molecule is c1ccc2[nH]c(NCCC3CCCCC3)nc2c1. The minimum Gasteiger partial charge on any atom is -0.356 e. The van der Waals surface area contributed by atoms with Crippen LogP contribution in [0.25, 0.3) is 11.0 Å². The van der Waals surface area contributed by atoms with Crippen molar-refractivity contribution in [2.45, 2.75) is 38.5 Å². The Morgan fingerprint density at radius 1 is 1.17 bits per heavy atom. The number of nitrogens with one attached hydrogen (secondary N) is 2. The molecule has 1 aromatic heterocycles. The summed E-state index contributed by atoms with van der Waals surface area (Å²) >= 11 is 0. The monoisotopic (exact) mass is 243 g/mol. The zero-order chi connectivity index (χ0) is 12.2. The molecule has 0 saturated heterocycles. The third kappa shape index (κ3) is 2.66. The van der Waals surface area contributed by atoms with E-state index < -0.39 is 0 Å². The number of imidazole rings is 1. The lowest BCUT2D eigenvalue weighted by atomic mass is 9.87. The van der Waals surface area contributed by atoms with Crippen LogP contribution in [0, 0.1) is 5.92 Å². The fourth-order valence-corrected chi connectivity index (χ4v) is 2.91. The first-order valence-corrected chi connectivity index (χ1v) is 7.10. The smallest absolute Gasteiger partial charge is 0.201 e. The van der Waals surface area contributed by atoms with E-state index in [2.05, 4.69) is 21.4 Å². The molecule has 0 aliphatic heterocycles. The largest absolute Gasteiger partial charge is 0.356 e. The number of benzene rings is 1. The number of aromatic amines is 1. The number of hydrogen-bond acceptors (Lipinski definition) is 2. The van der Waals surface area contributed by atoms with Gasteiger partial charge in [0.15, 0.2) is 0 Å². The Balaban J connectivity index is 1.53. The van der Waals surface area contributed by atoms with Gasteiger partial charge in [-0.3, -0.25) is 0 Å². The van der Waals surface area contributed by atoms with Crippen LogP contribution in [0.4, 0.5) is 5.95 Å². The summed E-state index contributed by atoms with van der Waals surface area (Å²) in [6.07, 6.45) is 8.40. The summed E-state index contributed by atoms with van der Waals surface area (Å²) in [4.78, 5) is 7.84. The molecule has 3 heteroatoms. The number of aromatic nitrogens is 2. The van der Waals surface area contributed by atoms with Crippen molar-refractivity contribution in [3.63, 3.8) is 0 Å². The molecule has 0 bridgehead atoms. The second-order valence-electron chi connectivity index (χ2n) is 5.32. The van der Waals surface area contributed by atoms with Crippen molar-refractivity contribution >= 4 is 17.0 Å². The van der Waals surface area contributed by atoms with E-state index in [0.717, 1.165) is 29.4 Å². The predicted molar refractivity (Wildman–Crippen MR) is 75.8 cm³/mol. The number of para-hydroxylation sites is 2. The van der Waals surface area contributed by atoms with Crippen molar-refractivity contribution in [3.8, 4) is 0 Å². The van der Waals surface area contributed by atoms with Gasteiger partial charge >= 0.3 is 0 Å². The molecule has 3 rings (SSSR count). The maximum Gasteiger partial charge on any atom is 0.201 e. The highest BCUT2D eigenvalue weighted by Crippen LogP contribution is 2.26. The molecule has 1 saturated carbocycles. The van der Waals surface area contributed by atoms with E-state index in [-0.39, 0.29) is 0 Å². The quantitative estimate of drug-likeness (QED) is 0.853. The number of H-pyrrole nitrogens is 1. The van der Waals surface area contributed by atoms with Gasteiger partial charge in [0, 0.05) is 6.54 Å². The standard InChI is InChI=1S/C15H21N3/c1-2-6-12(7-3-1)10-11-16-15-17-13-8-4-5-9-14(13)18-15/h4-5,8-9,12H,1-3,6-7,10-11H2,(H2,16,17,18). The van der Waals surface area contributed by atoms with E-state index in [1.807, 2.05) is 18.2 Å². The lowest BCUT2D eigenvalue weighted by Crippen LogP contribution is -2.12. The second-order valence-corrected chi connectivity index (χ2v) is 5.32. The van der Waals surface area contributed by atoms with Crippen molar-refractivity contribution in [1.82, 2.24) is 9.97 Å². The van der Waals surface area contributed by atoms with Crippen LogP contribution in [-0.4, -0.2) is 16.5 Å². The van der Waals surface area contributed by atoms with Crippen LogP contribution in [0.2, 0.25) is 0 Å². The van der Waals surface area contributed by atoms with Gasteiger partial charge in [-0.05, 0) is 24.5 Å². The van der Waals surface area contributed by atoms with E-state index in [1.54, 1.807) is 0 Å². The molecule has 1 fully saturated rings. The fourth-order valence-electron chi connectivity index (χ4n) is 2.91. The molecule has 0 spiro atoms. The molecular weight excluding hydrogens is 222 g/mol. The highest BCUT2D eigenvalue weighted by molar-refractivity contribution is 5.77. The number of hydrogen-bond donors (Lipinski definition) is 2. The van der Waals surface area contributed by atoms with Gasteiger partial charge in [-0.2, -0.15) is 0 Å². The van der Waals surface area contributed by atoms with Gasteiger partial charge < -0.3 is 10.3 Å². The molecule has 0 amide bonds. The van der Waals surface area contributed by atoms with Crippen LogP contribution in [0.5, 0.6) is 0 Å². The topological polar surface area (TPSA) is 40.7 Å². The normalized spacial score (nSPS) is 17.1. The molecule has 1 aliphatic rings. The highest BCUT2D eigenvalue weighted by Gasteiger charge is 2.12. The zero-order valence-electron chi connectivity index (χ0n) is 10.8. The molecule has 96 valence electrons. The molecule has 18 heavy (non-hydrogen) atoms. The zero-order valence-corrected chi connectivity index (χ0v) is 10.8. The first-order chi connectivity index (χ1) is 8.92. The van der Waals surface area contributed by atoms with Crippen molar-refractivity contribution in [2.24, 2.45) is 5.92 Å². The Hall–Kier alpha value is -1.51. The number of nitrogens with zero attached hydrogens (tertiary/aromatic N) is 1. The average Bonchev–Trinajstić information content (AvgIpc) is 2.82. The van der Waals surface area contributed by atoms with Gasteiger partial charge in [0.2, 0.25) is 5.95 Å². The average molecular weight is 243 g/mol. The van der Waals surface area contributed by atoms with Gasteiger partial charge in [0.05, 0.1) is 11.0 Å². The number of rotatable bonds is 4. The molecule has 1 aliphatic carbocycles. The van der Waals surface area contributed by atoms with Crippen LogP contribution in [0.1, 0.15) is 38.5 Å². The van der Waals surface area contributed by atoms with Crippen molar-refractivity contribution in [3.05, 3.63) is 24.3 Å². The second kappa shape index (κ2) is 5.42. The molecule has 0 atom stereocenters. The Morgan fingerprint density at radius 3 is 2.83 bits per heavy atom. The van der Waals surface area contributed by atoms with E-state index in [0.29, 0.717) is 0 Å². The molecule has 1 aromatic carbocycles. The van der Waals surface area contributed by atoms with E-state index >= 15 is 0 Å². The first kappa shape index (κ1) is 11.6. The van der Waals surface area contributed by atoms with Gasteiger partial charge in [0.25, 0.3) is 0 Å². The summed E-state index contributed by atoms with van der Waals surface area (Å²) < 4.78 is 0. The van der Waals surface area contributed by atoms with Gasteiger partial charge in [0.1, 0.15) is 0 Å². The summed E-state index contributed by atoms with van der Waals surface area (Å²) in [6, 6.07) is 8.16. The predicted octanol–water partition coefficient (Wildman–Crippen LogP) is 3.95. The van der Waals surface area contributed by atoms with Gasteiger partial charge in [-0.1, -0.05) is 44.2 Å². The summed E-state index contributed by atoms with van der Waals surface area (Å²) in [7, 11) is 0. The van der Waals surface area contributed by atoms with Crippen LogP contribution < -0.4 is 5.32 Å². The van der Waals surface area contributed by atoms with E-state index in [1.165, 1.54) is 38.5 Å². The van der Waals surface area contributed by atoms with Crippen LogP contribution in [-0.2, 0) is 0 Å². The molecule has 1 heterocycles. The van der Waals surface area contributed by atoms with E-state index in [4.69, 9.17) is 0 Å². The fraction of sp³-hybridized carbons (Fsp3) is 0.533. The third-order valence-electron chi connectivity index (χ3n) is 3.96. The third-order valence-corrected chi connectivity index (χ3v) is 3.96. The molecule has 0 unspecified atom stereocenters. The van der Waals surface area contributed by atoms with Crippen LogP contribution in [0.15, 0.2) is 24.3 Å². The summed E-state index contributed by atoms with van der Waals surface area (Å²) in [5, 5.41) is 3.41. The molecule has 0 radical (unpaired) electrons. The van der Waals surface area contributed by atoms with Crippen LogP contribution in [0.3, 0.4) is 0 Å². The molecule has 3 nitrogen and oxygen atoms in total. The molecular formula is C15H21N3. The Kier molecular flexibility index (Phi) is 3.49. The summed E-state index contributed by atoms with van der Waals surface area (Å²) in [5.41, 5.74) is 2.15. The Labute approximate surface area is 108 Å². The maximum atomic E-state index is 4.53. The Morgan fingerprint density at radius 2 is 2.00 bits per heavy atom.